The standard InChI is InChI=1S/C11H14N4/c1-2-11-14-5-6-15(11)10-3-4-13-9(7-10)8-12/h3-7H,2,8,12H2,1H3. The molecule has 2 heterocycles. The van der Waals surface area contributed by atoms with Crippen LogP contribution in [-0.2, 0) is 13.0 Å². The minimum absolute atomic E-state index is 0.462. The van der Waals surface area contributed by atoms with Crippen molar-refractivity contribution in [2.45, 2.75) is 19.9 Å². The van der Waals surface area contributed by atoms with Crippen LogP contribution < -0.4 is 5.73 Å². The lowest BCUT2D eigenvalue weighted by Crippen LogP contribution is -2.03. The molecule has 2 aromatic rings. The zero-order valence-electron chi connectivity index (χ0n) is 8.72. The van der Waals surface area contributed by atoms with Gasteiger partial charge in [-0.15, -0.1) is 0 Å². The van der Waals surface area contributed by atoms with E-state index < -0.39 is 0 Å². The molecule has 4 heteroatoms. The summed E-state index contributed by atoms with van der Waals surface area (Å²) in [5.74, 6) is 1.05. The molecule has 2 aromatic heterocycles. The fraction of sp³-hybridized carbons (Fsp3) is 0.273. The minimum atomic E-state index is 0.462. The van der Waals surface area contributed by atoms with Crippen molar-refractivity contribution in [3.05, 3.63) is 42.2 Å². The molecule has 0 saturated heterocycles. The van der Waals surface area contributed by atoms with Crippen LogP contribution in [0.2, 0.25) is 0 Å². The number of aromatic nitrogens is 3. The van der Waals surface area contributed by atoms with Crippen molar-refractivity contribution < 1.29 is 0 Å². The van der Waals surface area contributed by atoms with E-state index >= 15 is 0 Å². The number of imidazole rings is 1. The zero-order chi connectivity index (χ0) is 10.7. The van der Waals surface area contributed by atoms with E-state index in [1.807, 2.05) is 18.3 Å². The lowest BCUT2D eigenvalue weighted by Gasteiger charge is -2.07. The van der Waals surface area contributed by atoms with Crippen molar-refractivity contribution in [1.29, 1.82) is 0 Å². The quantitative estimate of drug-likeness (QED) is 0.815. The molecule has 0 fully saturated rings. The van der Waals surface area contributed by atoms with Gasteiger partial charge in [-0.25, -0.2) is 4.98 Å². The molecular weight excluding hydrogens is 188 g/mol. The molecule has 0 radical (unpaired) electrons. The van der Waals surface area contributed by atoms with E-state index in [4.69, 9.17) is 5.73 Å². The molecule has 0 aliphatic rings. The highest BCUT2D eigenvalue weighted by atomic mass is 15.1. The first-order valence-corrected chi connectivity index (χ1v) is 5.02. The summed E-state index contributed by atoms with van der Waals surface area (Å²) in [6.45, 7) is 2.55. The second-order valence-corrected chi connectivity index (χ2v) is 3.28. The Morgan fingerprint density at radius 1 is 1.33 bits per heavy atom. The summed E-state index contributed by atoms with van der Waals surface area (Å²) in [7, 11) is 0. The molecule has 2 N–H and O–H groups in total. The van der Waals surface area contributed by atoms with Crippen LogP contribution in [0.15, 0.2) is 30.7 Å². The van der Waals surface area contributed by atoms with Crippen LogP contribution in [0.5, 0.6) is 0 Å². The molecule has 0 unspecified atom stereocenters. The molecule has 0 aliphatic heterocycles. The van der Waals surface area contributed by atoms with Gasteiger partial charge >= 0.3 is 0 Å². The zero-order valence-corrected chi connectivity index (χ0v) is 8.72. The Morgan fingerprint density at radius 3 is 2.93 bits per heavy atom. The van der Waals surface area contributed by atoms with Crippen molar-refractivity contribution in [3.8, 4) is 5.69 Å². The van der Waals surface area contributed by atoms with Gasteiger partial charge in [0.25, 0.3) is 0 Å². The molecule has 15 heavy (non-hydrogen) atoms. The molecule has 78 valence electrons. The number of rotatable bonds is 3. The summed E-state index contributed by atoms with van der Waals surface area (Å²) in [4.78, 5) is 8.44. The molecule has 4 nitrogen and oxygen atoms in total. The van der Waals surface area contributed by atoms with Crippen molar-refractivity contribution >= 4 is 0 Å². The third-order valence-corrected chi connectivity index (χ3v) is 2.32. The number of nitrogens with two attached hydrogens (primary N) is 1. The van der Waals surface area contributed by atoms with E-state index in [1.54, 1.807) is 12.4 Å². The topological polar surface area (TPSA) is 56.7 Å². The third-order valence-electron chi connectivity index (χ3n) is 2.32. The summed E-state index contributed by atoms with van der Waals surface area (Å²) in [6.07, 6.45) is 6.44. The highest BCUT2D eigenvalue weighted by molar-refractivity contribution is 5.33. The van der Waals surface area contributed by atoms with Gasteiger partial charge in [0.2, 0.25) is 0 Å². The van der Waals surface area contributed by atoms with E-state index in [2.05, 4.69) is 21.5 Å². The maximum atomic E-state index is 5.56. The number of aryl methyl sites for hydroxylation is 1. The van der Waals surface area contributed by atoms with Crippen LogP contribution in [-0.4, -0.2) is 14.5 Å². The van der Waals surface area contributed by atoms with Crippen molar-refractivity contribution in [3.63, 3.8) is 0 Å². The second-order valence-electron chi connectivity index (χ2n) is 3.28. The summed E-state index contributed by atoms with van der Waals surface area (Å²) in [5, 5.41) is 0. The van der Waals surface area contributed by atoms with Crippen LogP contribution in [0.1, 0.15) is 18.4 Å². The Kier molecular flexibility index (Phi) is 2.78. The Bertz CT molecular complexity index is 447. The maximum Gasteiger partial charge on any atom is 0.112 e. The van der Waals surface area contributed by atoms with Crippen LogP contribution in [0, 0.1) is 0 Å². The van der Waals surface area contributed by atoms with E-state index in [9.17, 15) is 0 Å². The number of pyridine rings is 1. The summed E-state index contributed by atoms with van der Waals surface area (Å²) in [6, 6.07) is 3.95. The number of hydrogen-bond acceptors (Lipinski definition) is 3. The van der Waals surface area contributed by atoms with E-state index in [0.717, 1.165) is 23.6 Å². The molecule has 2 rings (SSSR count). The highest BCUT2D eigenvalue weighted by Crippen LogP contribution is 2.11. The van der Waals surface area contributed by atoms with Gasteiger partial charge in [0.05, 0.1) is 11.4 Å². The van der Waals surface area contributed by atoms with E-state index in [-0.39, 0.29) is 0 Å². The van der Waals surface area contributed by atoms with E-state index in [1.165, 1.54) is 0 Å². The molecule has 0 aromatic carbocycles. The van der Waals surface area contributed by atoms with Crippen LogP contribution in [0.4, 0.5) is 0 Å². The van der Waals surface area contributed by atoms with Gasteiger partial charge in [-0.3, -0.25) is 4.98 Å². The average Bonchev–Trinajstić information content (AvgIpc) is 2.77. The SMILES string of the molecule is CCc1nccn1-c1ccnc(CN)c1. The number of hydrogen-bond donors (Lipinski definition) is 1. The van der Waals surface area contributed by atoms with Gasteiger partial charge in [-0.05, 0) is 12.1 Å². The predicted molar refractivity (Wildman–Crippen MR) is 58.6 cm³/mol. The first-order valence-electron chi connectivity index (χ1n) is 5.02. The van der Waals surface area contributed by atoms with E-state index in [0.29, 0.717) is 6.54 Å². The normalized spacial score (nSPS) is 10.5. The fourth-order valence-corrected chi connectivity index (χ4v) is 1.56. The summed E-state index contributed by atoms with van der Waals surface area (Å²) < 4.78 is 2.06. The van der Waals surface area contributed by atoms with Crippen LogP contribution in [0.25, 0.3) is 5.69 Å². The Balaban J connectivity index is 2.44. The van der Waals surface area contributed by atoms with Gasteiger partial charge in [0, 0.05) is 31.6 Å². The third kappa shape index (κ3) is 1.89. The molecule has 0 saturated carbocycles. The molecule has 0 atom stereocenters. The largest absolute Gasteiger partial charge is 0.325 e. The minimum Gasteiger partial charge on any atom is -0.325 e. The average molecular weight is 202 g/mol. The smallest absolute Gasteiger partial charge is 0.112 e. The lowest BCUT2D eigenvalue weighted by atomic mass is 10.3. The Hall–Kier alpha value is -1.68. The van der Waals surface area contributed by atoms with Crippen LogP contribution in [0.3, 0.4) is 0 Å². The summed E-state index contributed by atoms with van der Waals surface area (Å²) >= 11 is 0. The fourth-order valence-electron chi connectivity index (χ4n) is 1.56. The van der Waals surface area contributed by atoms with Crippen molar-refractivity contribution in [1.82, 2.24) is 14.5 Å². The van der Waals surface area contributed by atoms with Gasteiger partial charge in [-0.2, -0.15) is 0 Å². The van der Waals surface area contributed by atoms with Gasteiger partial charge in [0.1, 0.15) is 5.82 Å². The molecule has 0 amide bonds. The highest BCUT2D eigenvalue weighted by Gasteiger charge is 2.03. The van der Waals surface area contributed by atoms with Crippen molar-refractivity contribution in [2.24, 2.45) is 5.73 Å². The monoisotopic (exact) mass is 202 g/mol. The van der Waals surface area contributed by atoms with Gasteiger partial charge in [0.15, 0.2) is 0 Å². The molecule has 0 bridgehead atoms. The molecule has 0 aliphatic carbocycles. The first kappa shape index (κ1) is 9.86. The molecular formula is C11H14N4. The number of nitrogens with zero attached hydrogens (tertiary/aromatic N) is 3. The maximum absolute atomic E-state index is 5.56. The Labute approximate surface area is 88.8 Å². The second kappa shape index (κ2) is 4.23. The van der Waals surface area contributed by atoms with Gasteiger partial charge in [-0.1, -0.05) is 6.92 Å². The lowest BCUT2D eigenvalue weighted by molar-refractivity contribution is 0.881. The van der Waals surface area contributed by atoms with Gasteiger partial charge < -0.3 is 10.3 Å². The first-order chi connectivity index (χ1) is 7.35. The summed E-state index contributed by atoms with van der Waals surface area (Å²) in [5.41, 5.74) is 7.52. The van der Waals surface area contributed by atoms with Crippen molar-refractivity contribution in [2.75, 3.05) is 0 Å². The van der Waals surface area contributed by atoms with Crippen LogP contribution >= 0.6 is 0 Å². The molecule has 0 spiro atoms. The predicted octanol–water partition coefficient (Wildman–Crippen LogP) is 1.29. The Morgan fingerprint density at radius 2 is 2.20 bits per heavy atom.